The molecule has 0 unspecified atom stereocenters. The third kappa shape index (κ3) is 3.66. The topological polar surface area (TPSA) is 78.3 Å². The van der Waals surface area contributed by atoms with E-state index in [1.807, 2.05) is 31.2 Å². The molecule has 0 radical (unpaired) electrons. The van der Waals surface area contributed by atoms with Crippen LogP contribution in [0, 0.1) is 6.92 Å². The summed E-state index contributed by atoms with van der Waals surface area (Å²) in [5.74, 6) is 1.14. The summed E-state index contributed by atoms with van der Waals surface area (Å²) in [6.45, 7) is 4.31. The number of hydrogen-bond acceptors (Lipinski definition) is 5. The number of amides is 1. The standard InChI is InChI=1S/C19H20N4O3/c1-4-26-16-10-8-14(9-11-16)20-19(24)18-13(2)23(22-21-18)15-6-5-7-17(12-15)25-3/h5-12H,4H2,1-3H3,(H,20,24). The Bertz CT molecular complexity index is 903. The van der Waals surface area contributed by atoms with Gasteiger partial charge in [0, 0.05) is 11.8 Å². The lowest BCUT2D eigenvalue weighted by molar-refractivity contribution is 0.102. The molecule has 7 heteroatoms. The number of nitrogens with one attached hydrogen (secondary N) is 1. The number of hydrogen-bond donors (Lipinski definition) is 1. The SMILES string of the molecule is CCOc1ccc(NC(=O)c2nnn(-c3cccc(OC)c3)c2C)cc1. The largest absolute Gasteiger partial charge is 0.497 e. The predicted octanol–water partition coefficient (Wildman–Crippen LogP) is 3.24. The molecule has 3 aromatic rings. The van der Waals surface area contributed by atoms with E-state index in [0.717, 1.165) is 11.4 Å². The van der Waals surface area contributed by atoms with Gasteiger partial charge in [-0.05, 0) is 50.2 Å². The molecule has 134 valence electrons. The number of carbonyl (C=O) groups is 1. The summed E-state index contributed by atoms with van der Waals surface area (Å²) in [7, 11) is 1.60. The maximum absolute atomic E-state index is 12.5. The van der Waals surface area contributed by atoms with Crippen LogP contribution in [0.2, 0.25) is 0 Å². The van der Waals surface area contributed by atoms with Crippen molar-refractivity contribution in [3.05, 3.63) is 59.9 Å². The molecule has 1 heterocycles. The molecule has 0 fully saturated rings. The minimum Gasteiger partial charge on any atom is -0.497 e. The van der Waals surface area contributed by atoms with E-state index >= 15 is 0 Å². The molecule has 0 aliphatic heterocycles. The van der Waals surface area contributed by atoms with Crippen molar-refractivity contribution in [1.29, 1.82) is 0 Å². The van der Waals surface area contributed by atoms with E-state index in [1.54, 1.807) is 43.0 Å². The zero-order chi connectivity index (χ0) is 18.5. The van der Waals surface area contributed by atoms with Gasteiger partial charge in [0.15, 0.2) is 5.69 Å². The Balaban J connectivity index is 1.79. The van der Waals surface area contributed by atoms with Crippen LogP contribution < -0.4 is 14.8 Å². The zero-order valence-corrected chi connectivity index (χ0v) is 14.9. The molecule has 0 bridgehead atoms. The lowest BCUT2D eigenvalue weighted by Gasteiger charge is -2.07. The van der Waals surface area contributed by atoms with Gasteiger partial charge in [0.1, 0.15) is 11.5 Å². The van der Waals surface area contributed by atoms with Crippen LogP contribution in [0.5, 0.6) is 11.5 Å². The van der Waals surface area contributed by atoms with E-state index in [1.165, 1.54) is 0 Å². The Morgan fingerprint density at radius 3 is 2.62 bits per heavy atom. The molecule has 0 aliphatic carbocycles. The van der Waals surface area contributed by atoms with E-state index in [4.69, 9.17) is 9.47 Å². The van der Waals surface area contributed by atoms with E-state index < -0.39 is 0 Å². The number of ether oxygens (including phenoxy) is 2. The highest BCUT2D eigenvalue weighted by molar-refractivity contribution is 6.03. The van der Waals surface area contributed by atoms with E-state index in [-0.39, 0.29) is 11.6 Å². The quantitative estimate of drug-likeness (QED) is 0.737. The van der Waals surface area contributed by atoms with Gasteiger partial charge >= 0.3 is 0 Å². The first-order chi connectivity index (χ1) is 12.6. The molecule has 1 amide bonds. The number of benzene rings is 2. The maximum Gasteiger partial charge on any atom is 0.278 e. The van der Waals surface area contributed by atoms with Crippen molar-refractivity contribution < 1.29 is 14.3 Å². The minimum atomic E-state index is -0.319. The first-order valence-corrected chi connectivity index (χ1v) is 8.23. The van der Waals surface area contributed by atoms with Gasteiger partial charge in [-0.25, -0.2) is 4.68 Å². The van der Waals surface area contributed by atoms with Crippen molar-refractivity contribution in [2.75, 3.05) is 19.0 Å². The summed E-state index contributed by atoms with van der Waals surface area (Å²) >= 11 is 0. The summed E-state index contributed by atoms with van der Waals surface area (Å²) in [5, 5.41) is 10.9. The fourth-order valence-corrected chi connectivity index (χ4v) is 2.52. The Labute approximate surface area is 151 Å². The average molecular weight is 352 g/mol. The lowest BCUT2D eigenvalue weighted by Crippen LogP contribution is -2.14. The van der Waals surface area contributed by atoms with Gasteiger partial charge in [0.2, 0.25) is 0 Å². The molecule has 0 saturated heterocycles. The minimum absolute atomic E-state index is 0.265. The van der Waals surface area contributed by atoms with Crippen molar-refractivity contribution in [1.82, 2.24) is 15.0 Å². The van der Waals surface area contributed by atoms with Crippen LogP contribution in [0.4, 0.5) is 5.69 Å². The molecule has 1 aromatic heterocycles. The van der Waals surface area contributed by atoms with Gasteiger partial charge in [-0.3, -0.25) is 4.79 Å². The van der Waals surface area contributed by atoms with Crippen LogP contribution in [-0.2, 0) is 0 Å². The average Bonchev–Trinajstić information content (AvgIpc) is 3.05. The van der Waals surface area contributed by atoms with Crippen LogP contribution in [0.15, 0.2) is 48.5 Å². The summed E-state index contributed by atoms with van der Waals surface area (Å²) < 4.78 is 12.2. The second kappa shape index (κ2) is 7.69. The normalized spacial score (nSPS) is 10.4. The van der Waals surface area contributed by atoms with E-state index in [0.29, 0.717) is 23.7 Å². The van der Waals surface area contributed by atoms with Gasteiger partial charge in [0.25, 0.3) is 5.91 Å². The highest BCUT2D eigenvalue weighted by Crippen LogP contribution is 2.20. The fourth-order valence-electron chi connectivity index (χ4n) is 2.52. The highest BCUT2D eigenvalue weighted by atomic mass is 16.5. The number of anilines is 1. The number of nitrogens with zero attached hydrogens (tertiary/aromatic N) is 3. The third-order valence-corrected chi connectivity index (χ3v) is 3.83. The second-order valence-corrected chi connectivity index (χ2v) is 5.55. The molecule has 7 nitrogen and oxygen atoms in total. The number of methoxy groups -OCH3 is 1. The van der Waals surface area contributed by atoms with Gasteiger partial charge in [-0.2, -0.15) is 0 Å². The summed E-state index contributed by atoms with van der Waals surface area (Å²) in [4.78, 5) is 12.5. The summed E-state index contributed by atoms with van der Waals surface area (Å²) in [6, 6.07) is 14.6. The molecule has 3 rings (SSSR count). The van der Waals surface area contributed by atoms with Crippen LogP contribution in [0.1, 0.15) is 23.1 Å². The van der Waals surface area contributed by atoms with Crippen molar-refractivity contribution in [2.24, 2.45) is 0 Å². The predicted molar refractivity (Wildman–Crippen MR) is 98.2 cm³/mol. The molecule has 0 aliphatic rings. The maximum atomic E-state index is 12.5. The smallest absolute Gasteiger partial charge is 0.278 e. The lowest BCUT2D eigenvalue weighted by atomic mass is 10.2. The molecule has 26 heavy (non-hydrogen) atoms. The van der Waals surface area contributed by atoms with Gasteiger partial charge in [-0.1, -0.05) is 11.3 Å². The monoisotopic (exact) mass is 352 g/mol. The van der Waals surface area contributed by atoms with Gasteiger partial charge in [0.05, 0.1) is 25.1 Å². The fraction of sp³-hybridized carbons (Fsp3) is 0.211. The molecular weight excluding hydrogens is 332 g/mol. The van der Waals surface area contributed by atoms with Gasteiger partial charge in [-0.15, -0.1) is 5.10 Å². The van der Waals surface area contributed by atoms with Gasteiger partial charge < -0.3 is 14.8 Å². The molecule has 0 atom stereocenters. The molecule has 1 N–H and O–H groups in total. The Kier molecular flexibility index (Phi) is 5.17. The van der Waals surface area contributed by atoms with Crippen molar-refractivity contribution in [3.63, 3.8) is 0 Å². The molecule has 2 aromatic carbocycles. The molecular formula is C19H20N4O3. The first kappa shape index (κ1) is 17.5. The van der Waals surface area contributed by atoms with Crippen molar-refractivity contribution in [3.8, 4) is 17.2 Å². The second-order valence-electron chi connectivity index (χ2n) is 5.55. The van der Waals surface area contributed by atoms with Crippen LogP contribution in [0.3, 0.4) is 0 Å². The third-order valence-electron chi connectivity index (χ3n) is 3.83. The van der Waals surface area contributed by atoms with Crippen molar-refractivity contribution in [2.45, 2.75) is 13.8 Å². The molecule has 0 spiro atoms. The Morgan fingerprint density at radius 2 is 1.92 bits per heavy atom. The van der Waals surface area contributed by atoms with E-state index in [9.17, 15) is 4.79 Å². The molecule has 0 saturated carbocycles. The van der Waals surface area contributed by atoms with E-state index in [2.05, 4.69) is 15.6 Å². The Hall–Kier alpha value is -3.35. The first-order valence-electron chi connectivity index (χ1n) is 8.23. The van der Waals surface area contributed by atoms with Crippen molar-refractivity contribution >= 4 is 11.6 Å². The highest BCUT2D eigenvalue weighted by Gasteiger charge is 2.17. The van der Waals surface area contributed by atoms with Crippen LogP contribution in [-0.4, -0.2) is 34.6 Å². The summed E-state index contributed by atoms with van der Waals surface area (Å²) in [6.07, 6.45) is 0. The zero-order valence-electron chi connectivity index (χ0n) is 14.9. The van der Waals surface area contributed by atoms with Crippen LogP contribution >= 0.6 is 0 Å². The van der Waals surface area contributed by atoms with Crippen LogP contribution in [0.25, 0.3) is 5.69 Å². The number of rotatable bonds is 6. The summed E-state index contributed by atoms with van der Waals surface area (Å²) in [5.41, 5.74) is 2.34. The Morgan fingerprint density at radius 1 is 1.15 bits per heavy atom. The number of aromatic nitrogens is 3. The number of carbonyl (C=O) groups excluding carboxylic acids is 1.